The summed E-state index contributed by atoms with van der Waals surface area (Å²) < 4.78 is 43.6. The molecule has 1 unspecified atom stereocenters. The second-order valence-electron chi connectivity index (χ2n) is 5.44. The minimum atomic E-state index is -4.43. The highest BCUT2D eigenvalue weighted by Gasteiger charge is 2.31. The van der Waals surface area contributed by atoms with Crippen molar-refractivity contribution in [1.82, 2.24) is 4.90 Å². The van der Waals surface area contributed by atoms with Crippen LogP contribution < -0.4 is 5.73 Å². The van der Waals surface area contributed by atoms with Crippen LogP contribution in [-0.2, 0) is 6.18 Å². The van der Waals surface area contributed by atoms with E-state index < -0.39 is 11.7 Å². The van der Waals surface area contributed by atoms with Crippen molar-refractivity contribution in [3.05, 3.63) is 35.6 Å². The molecular formula is C18H25F3N2O2. The molecule has 0 aliphatic carbocycles. The molecule has 2 N–H and O–H groups in total. The van der Waals surface area contributed by atoms with Gasteiger partial charge in [0, 0.05) is 24.5 Å². The van der Waals surface area contributed by atoms with Gasteiger partial charge >= 0.3 is 6.18 Å². The van der Waals surface area contributed by atoms with Gasteiger partial charge in [-0.15, -0.1) is 0 Å². The zero-order chi connectivity index (χ0) is 19.2. The first-order valence-corrected chi connectivity index (χ1v) is 8.39. The number of fused-ring (bicyclic) bond motifs is 1. The number of hydrogen-bond acceptors (Lipinski definition) is 3. The average Bonchev–Trinajstić information content (AvgIpc) is 3.02. The Labute approximate surface area is 145 Å². The maximum Gasteiger partial charge on any atom is 0.416 e. The van der Waals surface area contributed by atoms with Crippen molar-refractivity contribution in [1.29, 1.82) is 0 Å². The molecule has 0 saturated carbocycles. The van der Waals surface area contributed by atoms with Crippen LogP contribution in [0.1, 0.15) is 50.2 Å². The van der Waals surface area contributed by atoms with Gasteiger partial charge in [0.15, 0.2) is 5.76 Å². The third-order valence-electron chi connectivity index (χ3n) is 3.65. The molecule has 25 heavy (non-hydrogen) atoms. The molecule has 1 atom stereocenters. The minimum absolute atomic E-state index is 0.0214. The summed E-state index contributed by atoms with van der Waals surface area (Å²) in [6, 6.07) is 4.31. The fraction of sp³-hybridized carbons (Fsp3) is 0.500. The standard InChI is InChI=1S/C16H19F3N2O2.C2H6/c1-3-6-21(10(2)9-20)15(22)14-8-11-7-12(16(17,18)19)4-5-13(11)23-14;1-2/h4-5,7-8,10H,3,6,9,20H2,1-2H3;1-2H3. The van der Waals surface area contributed by atoms with Gasteiger partial charge in [-0.1, -0.05) is 20.8 Å². The lowest BCUT2D eigenvalue weighted by Gasteiger charge is -2.27. The topological polar surface area (TPSA) is 59.5 Å². The van der Waals surface area contributed by atoms with Crippen molar-refractivity contribution in [3.63, 3.8) is 0 Å². The zero-order valence-electron chi connectivity index (χ0n) is 15.0. The maximum absolute atomic E-state index is 12.7. The Morgan fingerprint density at radius 2 is 1.92 bits per heavy atom. The predicted octanol–water partition coefficient (Wildman–Crippen LogP) is 4.68. The first kappa shape index (κ1) is 21.0. The number of hydrogen-bond donors (Lipinski definition) is 1. The molecule has 2 rings (SSSR count). The highest BCUT2D eigenvalue weighted by atomic mass is 19.4. The van der Waals surface area contributed by atoms with Crippen LogP contribution in [0.3, 0.4) is 0 Å². The van der Waals surface area contributed by atoms with E-state index in [1.54, 1.807) is 4.90 Å². The van der Waals surface area contributed by atoms with Gasteiger partial charge in [0.2, 0.25) is 0 Å². The van der Waals surface area contributed by atoms with Crippen LogP contribution in [0.4, 0.5) is 13.2 Å². The molecule has 2 aromatic rings. The molecule has 0 bridgehead atoms. The first-order chi connectivity index (χ1) is 11.8. The van der Waals surface area contributed by atoms with Crippen LogP contribution in [0, 0.1) is 0 Å². The number of carbonyl (C=O) groups is 1. The van der Waals surface area contributed by atoms with E-state index in [0.717, 1.165) is 18.6 Å². The second-order valence-corrected chi connectivity index (χ2v) is 5.44. The number of alkyl halides is 3. The highest BCUT2D eigenvalue weighted by Crippen LogP contribution is 2.32. The zero-order valence-corrected chi connectivity index (χ0v) is 15.0. The van der Waals surface area contributed by atoms with E-state index in [1.807, 2.05) is 27.7 Å². The Hall–Kier alpha value is -2.02. The molecule has 0 fully saturated rings. The third kappa shape index (κ3) is 4.98. The molecule has 0 saturated heterocycles. The van der Waals surface area contributed by atoms with Crippen LogP contribution >= 0.6 is 0 Å². The number of nitrogens with zero attached hydrogens (tertiary/aromatic N) is 1. The molecule has 140 valence electrons. The van der Waals surface area contributed by atoms with Gasteiger partial charge in [0.25, 0.3) is 5.91 Å². The summed E-state index contributed by atoms with van der Waals surface area (Å²) >= 11 is 0. The molecule has 0 aliphatic rings. The molecule has 0 spiro atoms. The van der Waals surface area contributed by atoms with E-state index in [0.29, 0.717) is 13.1 Å². The number of furan rings is 1. The molecule has 0 aliphatic heterocycles. The van der Waals surface area contributed by atoms with Crippen LogP contribution in [0.15, 0.2) is 28.7 Å². The van der Waals surface area contributed by atoms with Crippen LogP contribution in [0.2, 0.25) is 0 Å². The summed E-state index contributed by atoms with van der Waals surface area (Å²) in [5.74, 6) is -0.345. The van der Waals surface area contributed by atoms with Gasteiger partial charge in [-0.05, 0) is 37.6 Å². The maximum atomic E-state index is 12.7. The van der Waals surface area contributed by atoms with Gasteiger partial charge in [-0.2, -0.15) is 13.2 Å². The lowest BCUT2D eigenvalue weighted by atomic mass is 10.1. The van der Waals surface area contributed by atoms with Crippen molar-refractivity contribution < 1.29 is 22.4 Å². The lowest BCUT2D eigenvalue weighted by Crippen LogP contribution is -2.43. The van der Waals surface area contributed by atoms with Crippen molar-refractivity contribution in [2.75, 3.05) is 13.1 Å². The van der Waals surface area contributed by atoms with Gasteiger partial charge in [0.1, 0.15) is 5.58 Å². The average molecular weight is 358 g/mol. The van der Waals surface area contributed by atoms with Crippen molar-refractivity contribution in [2.24, 2.45) is 5.73 Å². The normalized spacial score (nSPS) is 12.5. The molecule has 4 nitrogen and oxygen atoms in total. The van der Waals surface area contributed by atoms with Gasteiger partial charge in [-0.25, -0.2) is 0 Å². The van der Waals surface area contributed by atoms with Crippen molar-refractivity contribution >= 4 is 16.9 Å². The molecule has 0 radical (unpaired) electrons. The van der Waals surface area contributed by atoms with Gasteiger partial charge in [0.05, 0.1) is 5.56 Å². The summed E-state index contributed by atoms with van der Waals surface area (Å²) in [6.07, 6.45) is -3.69. The summed E-state index contributed by atoms with van der Waals surface area (Å²) in [5, 5.41) is 0.250. The summed E-state index contributed by atoms with van der Waals surface area (Å²) in [6.45, 7) is 8.54. The number of carbonyl (C=O) groups excluding carboxylic acids is 1. The van der Waals surface area contributed by atoms with E-state index in [9.17, 15) is 18.0 Å². The molecule has 1 amide bonds. The molecular weight excluding hydrogens is 333 g/mol. The van der Waals surface area contributed by atoms with Crippen molar-refractivity contribution in [2.45, 2.75) is 46.3 Å². The van der Waals surface area contributed by atoms with Crippen molar-refractivity contribution in [3.8, 4) is 0 Å². The summed E-state index contributed by atoms with van der Waals surface area (Å²) in [7, 11) is 0. The third-order valence-corrected chi connectivity index (χ3v) is 3.65. The van der Waals surface area contributed by atoms with E-state index in [-0.39, 0.29) is 28.7 Å². The second kappa shape index (κ2) is 8.89. The lowest BCUT2D eigenvalue weighted by molar-refractivity contribution is -0.137. The van der Waals surface area contributed by atoms with Crippen LogP contribution in [0.25, 0.3) is 11.0 Å². The fourth-order valence-corrected chi connectivity index (χ4v) is 2.36. The Bertz CT molecular complexity index is 695. The number of amides is 1. The number of halogens is 3. The number of benzene rings is 1. The van der Waals surface area contributed by atoms with Crippen LogP contribution in [-0.4, -0.2) is 29.9 Å². The smallest absolute Gasteiger partial charge is 0.416 e. The molecule has 7 heteroatoms. The monoisotopic (exact) mass is 358 g/mol. The molecule has 1 aromatic carbocycles. The molecule has 1 aromatic heterocycles. The first-order valence-electron chi connectivity index (χ1n) is 8.39. The minimum Gasteiger partial charge on any atom is -0.451 e. The van der Waals surface area contributed by atoms with E-state index in [2.05, 4.69) is 0 Å². The molecule has 1 heterocycles. The SMILES string of the molecule is CC.CCCN(C(=O)c1cc2cc(C(F)(F)F)ccc2o1)C(C)CN. The number of nitrogens with two attached hydrogens (primary N) is 1. The Kier molecular flexibility index (Phi) is 7.48. The van der Waals surface area contributed by atoms with E-state index in [1.165, 1.54) is 12.1 Å². The predicted molar refractivity (Wildman–Crippen MR) is 92.4 cm³/mol. The quantitative estimate of drug-likeness (QED) is 0.844. The Balaban J connectivity index is 0.00000151. The largest absolute Gasteiger partial charge is 0.451 e. The van der Waals surface area contributed by atoms with Gasteiger partial charge in [-0.3, -0.25) is 4.79 Å². The highest BCUT2D eigenvalue weighted by molar-refractivity contribution is 5.96. The Morgan fingerprint density at radius 1 is 1.28 bits per heavy atom. The van der Waals surface area contributed by atoms with Crippen LogP contribution in [0.5, 0.6) is 0 Å². The fourth-order valence-electron chi connectivity index (χ4n) is 2.36. The number of rotatable bonds is 5. The van der Waals surface area contributed by atoms with E-state index >= 15 is 0 Å². The van der Waals surface area contributed by atoms with E-state index in [4.69, 9.17) is 10.2 Å². The van der Waals surface area contributed by atoms with Gasteiger partial charge < -0.3 is 15.1 Å². The summed E-state index contributed by atoms with van der Waals surface area (Å²) in [4.78, 5) is 14.1. The summed E-state index contributed by atoms with van der Waals surface area (Å²) in [5.41, 5.74) is 5.09. The Morgan fingerprint density at radius 3 is 2.44 bits per heavy atom.